The molecule has 0 aliphatic carbocycles. The van der Waals surface area contributed by atoms with Crippen LogP contribution in [0.5, 0.6) is 0 Å². The fourth-order valence-electron chi connectivity index (χ4n) is 4.18. The number of nitrogens with zero attached hydrogens (tertiary/aromatic N) is 5. The van der Waals surface area contributed by atoms with Crippen LogP contribution in [-0.4, -0.2) is 66.7 Å². The van der Waals surface area contributed by atoms with Gasteiger partial charge in [0.2, 0.25) is 11.2 Å². The topological polar surface area (TPSA) is 156 Å². The number of aryl methyl sites for hydroxylation is 2. The van der Waals surface area contributed by atoms with Gasteiger partial charge in [-0.05, 0) is 25.5 Å². The van der Waals surface area contributed by atoms with E-state index in [9.17, 15) is 19.5 Å². The Kier molecular flexibility index (Phi) is 6.98. The number of aliphatic carboxylic acids is 1. The monoisotopic (exact) mass is 574 g/mol. The molecular weight excluding hydrogens is 550 g/mol. The maximum absolute atomic E-state index is 13.1. The zero-order chi connectivity index (χ0) is 27.1. The highest BCUT2D eigenvalue weighted by atomic mass is 32.2. The number of hydrogen-bond donors (Lipinski definition) is 3. The number of nitrogens with one attached hydrogen (secondary N) is 1. The van der Waals surface area contributed by atoms with Crippen LogP contribution in [0.25, 0.3) is 10.9 Å². The van der Waals surface area contributed by atoms with Crippen molar-refractivity contribution in [3.05, 3.63) is 51.5 Å². The minimum absolute atomic E-state index is 0.0803. The Morgan fingerprint density at radius 3 is 2.87 bits per heavy atom. The molecule has 3 aromatic rings. The molecule has 2 aliphatic rings. The van der Waals surface area contributed by atoms with Gasteiger partial charge in [0, 0.05) is 11.1 Å². The Bertz CT molecular complexity index is 1550. The molecule has 2 amide bonds. The van der Waals surface area contributed by atoms with Crippen LogP contribution in [-0.2, 0) is 26.3 Å². The van der Waals surface area contributed by atoms with Crippen LogP contribution >= 0.6 is 34.4 Å². The summed E-state index contributed by atoms with van der Waals surface area (Å²) in [6.45, 7) is 3.94. The van der Waals surface area contributed by atoms with E-state index in [4.69, 9.17) is 10.6 Å². The summed E-state index contributed by atoms with van der Waals surface area (Å²) in [7, 11) is 1.95. The molecule has 3 aromatic heterocycles. The van der Waals surface area contributed by atoms with Crippen molar-refractivity contribution in [3.63, 3.8) is 0 Å². The van der Waals surface area contributed by atoms with Crippen molar-refractivity contribution >= 4 is 74.0 Å². The lowest BCUT2D eigenvalue weighted by atomic mass is 10.0. The predicted octanol–water partition coefficient (Wildman–Crippen LogP) is 1.37. The normalized spacial score (nSPS) is 19.7. The van der Waals surface area contributed by atoms with Gasteiger partial charge in [0.15, 0.2) is 10.8 Å². The molecule has 12 nitrogen and oxygen atoms in total. The molecule has 0 saturated carbocycles. The fraction of sp³-hybridized carbons (Fsp3) is 0.304. The number of imidazole rings is 1. The van der Waals surface area contributed by atoms with E-state index in [2.05, 4.69) is 19.9 Å². The first-order valence-corrected chi connectivity index (χ1v) is 14.2. The largest absolute Gasteiger partial charge is 0.477 e. The van der Waals surface area contributed by atoms with E-state index in [-0.39, 0.29) is 28.8 Å². The zero-order valence-electron chi connectivity index (χ0n) is 20.6. The molecule has 4 N–H and O–H groups in total. The first-order valence-electron chi connectivity index (χ1n) is 11.5. The van der Waals surface area contributed by atoms with Crippen LogP contribution in [0.1, 0.15) is 23.2 Å². The van der Waals surface area contributed by atoms with Gasteiger partial charge in [-0.1, -0.05) is 22.6 Å². The van der Waals surface area contributed by atoms with Crippen LogP contribution in [0, 0.1) is 6.92 Å². The summed E-state index contributed by atoms with van der Waals surface area (Å²) >= 11 is 4.11. The fourth-order valence-corrected chi connectivity index (χ4v) is 7.16. The van der Waals surface area contributed by atoms with E-state index in [1.54, 1.807) is 29.7 Å². The molecule has 0 aromatic carbocycles. The molecule has 1 fully saturated rings. The molecule has 1 saturated heterocycles. The Balaban J connectivity index is 1.36. The van der Waals surface area contributed by atoms with E-state index < -0.39 is 29.2 Å². The molecule has 5 rings (SSSR count). The third-order valence-electron chi connectivity index (χ3n) is 5.97. The summed E-state index contributed by atoms with van der Waals surface area (Å²) in [5.41, 5.74) is 7.29. The summed E-state index contributed by atoms with van der Waals surface area (Å²) in [5, 5.41) is 17.7. The quantitative estimate of drug-likeness (QED) is 0.158. The molecule has 0 radical (unpaired) electrons. The van der Waals surface area contributed by atoms with E-state index in [0.717, 1.165) is 26.7 Å². The van der Waals surface area contributed by atoms with Crippen LogP contribution in [0.15, 0.2) is 40.4 Å². The number of allylic oxidation sites excluding steroid dienone is 1. The van der Waals surface area contributed by atoms with Crippen LogP contribution in [0.2, 0.25) is 0 Å². The Morgan fingerprint density at radius 2 is 2.21 bits per heavy atom. The number of anilines is 1. The van der Waals surface area contributed by atoms with Gasteiger partial charge in [-0.15, -0.1) is 23.1 Å². The predicted molar refractivity (Wildman–Crippen MR) is 145 cm³/mol. The van der Waals surface area contributed by atoms with Gasteiger partial charge in [0.05, 0.1) is 11.9 Å². The number of hydrogen-bond acceptors (Lipinski definition) is 10. The van der Waals surface area contributed by atoms with Crippen molar-refractivity contribution in [2.45, 2.75) is 25.3 Å². The molecule has 5 heterocycles. The second kappa shape index (κ2) is 10.2. The number of β-lactam (4-membered cyclic amide) rings is 1. The maximum atomic E-state index is 13.1. The number of oxime groups is 1. The number of carboxylic acid groups (broad SMARTS) is 1. The zero-order valence-corrected chi connectivity index (χ0v) is 23.0. The lowest BCUT2D eigenvalue weighted by Gasteiger charge is -2.49. The van der Waals surface area contributed by atoms with Gasteiger partial charge >= 0.3 is 5.97 Å². The standard InChI is InChI=1S/C23H23N7O5S3/c1-4-35-27-16(13-9-37-23(24)25-13)19(31)26-17-20(32)30-18(22(33)34)12(8-36-21(17)30)5-6-14-11(2)29-10-28(3)7-15(29)38-14/h5-7,9-10,17,21H,4,8H2,1-3H3,(H3-,24,25,26,31,33,34)/p+1/b6-5+,27-16-/t17-,21-/m1/s1. The summed E-state index contributed by atoms with van der Waals surface area (Å²) in [5.74, 6) is -2.01. The second-order valence-corrected chi connectivity index (χ2v) is 11.5. The van der Waals surface area contributed by atoms with Gasteiger partial charge in [-0.25, -0.2) is 14.3 Å². The van der Waals surface area contributed by atoms with Crippen molar-refractivity contribution in [3.8, 4) is 0 Å². The minimum Gasteiger partial charge on any atom is -0.477 e. The van der Waals surface area contributed by atoms with Crippen LogP contribution in [0.3, 0.4) is 0 Å². The van der Waals surface area contributed by atoms with Crippen molar-refractivity contribution < 1.29 is 28.9 Å². The van der Waals surface area contributed by atoms with Gasteiger partial charge < -0.3 is 21.0 Å². The molecule has 0 bridgehead atoms. The number of carbonyl (C=O) groups excluding carboxylic acids is 2. The van der Waals surface area contributed by atoms with Gasteiger partial charge in [-0.2, -0.15) is 4.40 Å². The summed E-state index contributed by atoms with van der Waals surface area (Å²) < 4.78 is 4.04. The molecule has 2 atom stereocenters. The number of fused-ring (bicyclic) bond motifs is 2. The number of nitrogen functional groups attached to an aromatic ring is 1. The van der Waals surface area contributed by atoms with Crippen molar-refractivity contribution in [1.82, 2.24) is 19.6 Å². The smallest absolute Gasteiger partial charge is 0.352 e. The number of carboxylic acids is 1. The Labute approximate surface area is 229 Å². The van der Waals surface area contributed by atoms with Crippen LogP contribution < -0.4 is 15.6 Å². The first kappa shape index (κ1) is 25.9. The van der Waals surface area contributed by atoms with E-state index in [1.807, 2.05) is 37.1 Å². The van der Waals surface area contributed by atoms with E-state index in [1.165, 1.54) is 16.7 Å². The van der Waals surface area contributed by atoms with Crippen molar-refractivity contribution in [1.29, 1.82) is 0 Å². The third-order valence-corrected chi connectivity index (χ3v) is 9.11. The maximum Gasteiger partial charge on any atom is 0.352 e. The lowest BCUT2D eigenvalue weighted by molar-refractivity contribution is -0.670. The number of aromatic nitrogens is 3. The second-order valence-electron chi connectivity index (χ2n) is 8.47. The summed E-state index contributed by atoms with van der Waals surface area (Å²) in [6, 6.07) is -0.919. The number of thiazole rings is 2. The molecule has 0 spiro atoms. The number of nitrogens with two attached hydrogens (primary N) is 1. The molecule has 0 unspecified atom stereocenters. The number of rotatable bonds is 8. The van der Waals surface area contributed by atoms with Gasteiger partial charge in [0.25, 0.3) is 11.8 Å². The number of thioether (sulfide) groups is 1. The van der Waals surface area contributed by atoms with E-state index in [0.29, 0.717) is 11.3 Å². The third kappa shape index (κ3) is 4.56. The van der Waals surface area contributed by atoms with Crippen molar-refractivity contribution in [2.75, 3.05) is 18.1 Å². The summed E-state index contributed by atoms with van der Waals surface area (Å²) in [6.07, 6.45) is 7.62. The van der Waals surface area contributed by atoms with E-state index >= 15 is 0 Å². The molecule has 2 aliphatic heterocycles. The first-order chi connectivity index (χ1) is 18.2. The highest BCUT2D eigenvalue weighted by molar-refractivity contribution is 8.00. The summed E-state index contributed by atoms with van der Waals surface area (Å²) in [4.78, 5) is 50.7. The highest BCUT2D eigenvalue weighted by Gasteiger charge is 2.54. The average molecular weight is 575 g/mol. The van der Waals surface area contributed by atoms with Crippen LogP contribution in [0.4, 0.5) is 5.13 Å². The minimum atomic E-state index is -1.20. The average Bonchev–Trinajstić information content (AvgIpc) is 3.55. The van der Waals surface area contributed by atoms with Crippen molar-refractivity contribution in [2.24, 2.45) is 12.2 Å². The molecular formula is C23H24N7O5S3+. The SMILES string of the molecule is CCO/N=C(\C(=O)N[C@@H]1C(=O)N2C(C(=O)O)=C(/C=C/c3sc4c[n+](C)cn4c3C)CS[C@H]12)c1csc(N)n1. The molecule has 38 heavy (non-hydrogen) atoms. The lowest BCUT2D eigenvalue weighted by Crippen LogP contribution is -2.71. The number of amides is 2. The van der Waals surface area contributed by atoms with Gasteiger partial charge in [0.1, 0.15) is 41.3 Å². The Hall–Kier alpha value is -3.69. The Morgan fingerprint density at radius 1 is 1.42 bits per heavy atom. The number of carbonyl (C=O) groups is 3. The highest BCUT2D eigenvalue weighted by Crippen LogP contribution is 2.41. The van der Waals surface area contributed by atoms with Gasteiger partial charge in [-0.3, -0.25) is 14.5 Å². The molecule has 198 valence electrons. The molecule has 15 heteroatoms.